The summed E-state index contributed by atoms with van der Waals surface area (Å²) < 4.78 is 34.9. The molecular weight excluding hydrogens is 390 g/mol. The number of hydrogen-bond donors (Lipinski definition) is 1. The van der Waals surface area contributed by atoms with Crippen LogP contribution in [0.25, 0.3) is 11.2 Å². The van der Waals surface area contributed by atoms with Crippen molar-refractivity contribution in [1.29, 1.82) is 0 Å². The number of morpholine rings is 1. The van der Waals surface area contributed by atoms with Gasteiger partial charge in [0.05, 0.1) is 26.1 Å². The predicted octanol–water partition coefficient (Wildman–Crippen LogP) is 2.55. The first kappa shape index (κ1) is 19.0. The molecule has 3 heterocycles. The number of rotatable bonds is 6. The van der Waals surface area contributed by atoms with E-state index < -0.39 is 11.6 Å². The molecule has 10 heteroatoms. The third-order valence-electron chi connectivity index (χ3n) is 4.65. The van der Waals surface area contributed by atoms with E-state index in [-0.39, 0.29) is 17.4 Å². The van der Waals surface area contributed by atoms with Crippen LogP contribution < -0.4 is 5.32 Å². The van der Waals surface area contributed by atoms with Gasteiger partial charge in [0.25, 0.3) is 0 Å². The molecule has 0 bridgehead atoms. The third-order valence-corrected chi connectivity index (χ3v) is 4.82. The monoisotopic (exact) mass is 408 g/mol. The molecule has 1 saturated heterocycles. The minimum absolute atomic E-state index is 0.0390. The van der Waals surface area contributed by atoms with Crippen molar-refractivity contribution in [3.05, 3.63) is 47.0 Å². The molecule has 0 amide bonds. The highest BCUT2D eigenvalue weighted by atomic mass is 35.5. The topological polar surface area (TPSA) is 68.1 Å². The summed E-state index contributed by atoms with van der Waals surface area (Å²) in [4.78, 5) is 15.0. The van der Waals surface area contributed by atoms with Crippen LogP contribution >= 0.6 is 11.6 Å². The Morgan fingerprint density at radius 2 is 1.89 bits per heavy atom. The van der Waals surface area contributed by atoms with Gasteiger partial charge in [-0.05, 0) is 23.7 Å². The summed E-state index contributed by atoms with van der Waals surface area (Å²) >= 11 is 6.07. The van der Waals surface area contributed by atoms with Crippen molar-refractivity contribution in [2.45, 2.75) is 6.54 Å². The van der Waals surface area contributed by atoms with Crippen LogP contribution in [0.1, 0.15) is 5.56 Å². The molecule has 3 aromatic rings. The molecule has 0 atom stereocenters. The Morgan fingerprint density at radius 1 is 1.14 bits per heavy atom. The van der Waals surface area contributed by atoms with Crippen LogP contribution in [0.2, 0.25) is 5.28 Å². The van der Waals surface area contributed by atoms with Crippen molar-refractivity contribution in [3.8, 4) is 0 Å². The largest absolute Gasteiger partial charge is 0.379 e. The fourth-order valence-electron chi connectivity index (χ4n) is 3.17. The van der Waals surface area contributed by atoms with Gasteiger partial charge in [-0.3, -0.25) is 4.90 Å². The number of ether oxygens (including phenoxy) is 1. The van der Waals surface area contributed by atoms with Crippen LogP contribution in [0, 0.1) is 11.6 Å². The van der Waals surface area contributed by atoms with Gasteiger partial charge in [-0.25, -0.2) is 13.8 Å². The van der Waals surface area contributed by atoms with Crippen LogP contribution in [-0.4, -0.2) is 63.8 Å². The standard InChI is InChI=1S/C18H19ClF2N6O/c19-18-24-16(22-4-5-26-6-8-28-9-7-26)15-17(25-18)27(11-23-15)10-12-13(20)2-1-3-14(12)21/h1-3,11H,4-10H2,(H,22,24,25). The van der Waals surface area contributed by atoms with E-state index in [2.05, 4.69) is 25.2 Å². The zero-order valence-electron chi connectivity index (χ0n) is 15.0. The molecule has 4 rings (SSSR count). The number of anilines is 1. The van der Waals surface area contributed by atoms with Crippen molar-refractivity contribution in [1.82, 2.24) is 24.4 Å². The van der Waals surface area contributed by atoms with Gasteiger partial charge in [-0.2, -0.15) is 9.97 Å². The Labute approximate surface area is 165 Å². The average Bonchev–Trinajstić information content (AvgIpc) is 3.08. The first-order chi connectivity index (χ1) is 13.6. The zero-order chi connectivity index (χ0) is 19.5. The zero-order valence-corrected chi connectivity index (χ0v) is 15.8. The minimum atomic E-state index is -0.620. The molecule has 2 aromatic heterocycles. The SMILES string of the molecule is Fc1cccc(F)c1Cn1cnc2c(NCCN3CCOCC3)nc(Cl)nc21. The van der Waals surface area contributed by atoms with E-state index in [9.17, 15) is 8.78 Å². The van der Waals surface area contributed by atoms with Gasteiger partial charge < -0.3 is 14.6 Å². The van der Waals surface area contributed by atoms with E-state index >= 15 is 0 Å². The van der Waals surface area contributed by atoms with E-state index in [1.807, 2.05) is 0 Å². The average molecular weight is 409 g/mol. The number of halogens is 3. The van der Waals surface area contributed by atoms with Crippen molar-refractivity contribution in [2.75, 3.05) is 44.7 Å². The van der Waals surface area contributed by atoms with Crippen molar-refractivity contribution < 1.29 is 13.5 Å². The number of nitrogens with zero attached hydrogens (tertiary/aromatic N) is 5. The van der Waals surface area contributed by atoms with Crippen LogP contribution in [-0.2, 0) is 11.3 Å². The lowest BCUT2D eigenvalue weighted by atomic mass is 10.2. The normalized spacial score (nSPS) is 15.2. The highest BCUT2D eigenvalue weighted by molar-refractivity contribution is 6.28. The Bertz CT molecular complexity index is 956. The highest BCUT2D eigenvalue weighted by Gasteiger charge is 2.16. The molecule has 7 nitrogen and oxygen atoms in total. The molecule has 1 aromatic carbocycles. The second kappa shape index (κ2) is 8.34. The van der Waals surface area contributed by atoms with Gasteiger partial charge in [-0.1, -0.05) is 6.07 Å². The first-order valence-electron chi connectivity index (χ1n) is 8.97. The van der Waals surface area contributed by atoms with Crippen molar-refractivity contribution >= 4 is 28.6 Å². The molecular formula is C18H19ClF2N6O. The summed E-state index contributed by atoms with van der Waals surface area (Å²) in [6.07, 6.45) is 1.48. The van der Waals surface area contributed by atoms with Crippen molar-refractivity contribution in [2.24, 2.45) is 0 Å². The van der Waals surface area contributed by atoms with Gasteiger partial charge in [0.2, 0.25) is 5.28 Å². The number of hydrogen-bond acceptors (Lipinski definition) is 6. The summed E-state index contributed by atoms with van der Waals surface area (Å²) in [6, 6.07) is 3.77. The Kier molecular flexibility index (Phi) is 5.65. The lowest BCUT2D eigenvalue weighted by Crippen LogP contribution is -2.39. The number of aromatic nitrogens is 4. The van der Waals surface area contributed by atoms with E-state index in [0.717, 1.165) is 32.8 Å². The fourth-order valence-corrected chi connectivity index (χ4v) is 3.33. The molecule has 0 saturated carbocycles. The lowest BCUT2D eigenvalue weighted by molar-refractivity contribution is 0.0398. The summed E-state index contributed by atoms with van der Waals surface area (Å²) in [7, 11) is 0. The van der Waals surface area contributed by atoms with E-state index in [1.165, 1.54) is 24.5 Å². The maximum atomic E-state index is 14.0. The Hall–Kier alpha value is -2.36. The molecule has 1 aliphatic rings. The quantitative estimate of drug-likeness (QED) is 0.632. The number of fused-ring (bicyclic) bond motifs is 1. The molecule has 0 aliphatic carbocycles. The van der Waals surface area contributed by atoms with Crippen LogP contribution in [0.15, 0.2) is 24.5 Å². The second-order valence-electron chi connectivity index (χ2n) is 6.47. The van der Waals surface area contributed by atoms with Gasteiger partial charge in [0.15, 0.2) is 17.0 Å². The third kappa shape index (κ3) is 4.06. The van der Waals surface area contributed by atoms with Gasteiger partial charge in [0, 0.05) is 31.7 Å². The Balaban J connectivity index is 1.54. The van der Waals surface area contributed by atoms with Gasteiger partial charge in [0.1, 0.15) is 11.6 Å². The Morgan fingerprint density at radius 3 is 2.64 bits per heavy atom. The maximum absolute atomic E-state index is 14.0. The summed E-state index contributed by atoms with van der Waals surface area (Å²) in [5.74, 6) is -0.743. The molecule has 1 fully saturated rings. The molecule has 1 aliphatic heterocycles. The van der Waals surface area contributed by atoms with Crippen LogP contribution in [0.4, 0.5) is 14.6 Å². The number of benzene rings is 1. The molecule has 0 unspecified atom stereocenters. The van der Waals surface area contributed by atoms with E-state index in [0.29, 0.717) is 23.5 Å². The van der Waals surface area contributed by atoms with E-state index in [1.54, 1.807) is 4.57 Å². The molecule has 1 N–H and O–H groups in total. The first-order valence-corrected chi connectivity index (χ1v) is 9.35. The summed E-state index contributed by atoms with van der Waals surface area (Å²) in [5.41, 5.74) is 0.859. The lowest BCUT2D eigenvalue weighted by Gasteiger charge is -2.26. The van der Waals surface area contributed by atoms with Crippen molar-refractivity contribution in [3.63, 3.8) is 0 Å². The molecule has 28 heavy (non-hydrogen) atoms. The summed E-state index contributed by atoms with van der Waals surface area (Å²) in [5, 5.41) is 3.27. The fraction of sp³-hybridized carbons (Fsp3) is 0.389. The molecule has 0 radical (unpaired) electrons. The van der Waals surface area contributed by atoms with Crippen LogP contribution in [0.5, 0.6) is 0 Å². The number of imidazole rings is 1. The highest BCUT2D eigenvalue weighted by Crippen LogP contribution is 2.23. The molecule has 148 valence electrons. The maximum Gasteiger partial charge on any atom is 0.226 e. The van der Waals surface area contributed by atoms with E-state index in [4.69, 9.17) is 16.3 Å². The second-order valence-corrected chi connectivity index (χ2v) is 6.80. The predicted molar refractivity (Wildman–Crippen MR) is 102 cm³/mol. The van der Waals surface area contributed by atoms with Gasteiger partial charge in [-0.15, -0.1) is 0 Å². The smallest absolute Gasteiger partial charge is 0.226 e. The van der Waals surface area contributed by atoms with Gasteiger partial charge >= 0.3 is 0 Å². The summed E-state index contributed by atoms with van der Waals surface area (Å²) in [6.45, 7) is 4.69. The molecule has 0 spiro atoms. The minimum Gasteiger partial charge on any atom is -0.379 e. The van der Waals surface area contributed by atoms with Crippen LogP contribution in [0.3, 0.4) is 0 Å². The number of nitrogens with one attached hydrogen (secondary N) is 1.